The summed E-state index contributed by atoms with van der Waals surface area (Å²) in [5.74, 6) is -0.623. The van der Waals surface area contributed by atoms with E-state index < -0.39 is 5.97 Å². The Labute approximate surface area is 114 Å². The first kappa shape index (κ1) is 12.7. The molecule has 1 saturated carbocycles. The highest BCUT2D eigenvalue weighted by molar-refractivity contribution is 5.94. The van der Waals surface area contributed by atoms with Gasteiger partial charge in [0.1, 0.15) is 0 Å². The summed E-state index contributed by atoms with van der Waals surface area (Å²) in [5, 5.41) is 20.8. The highest BCUT2D eigenvalue weighted by Gasteiger charge is 2.33. The van der Waals surface area contributed by atoms with Crippen LogP contribution in [0.4, 0.5) is 5.69 Å². The molecule has 0 radical (unpaired) electrons. The fourth-order valence-electron chi connectivity index (χ4n) is 2.65. The number of nitrogens with zero attached hydrogens (tertiary/aromatic N) is 1. The van der Waals surface area contributed by atoms with Crippen molar-refractivity contribution in [2.45, 2.75) is 31.6 Å². The van der Waals surface area contributed by atoms with E-state index in [-0.39, 0.29) is 22.9 Å². The third-order valence-electron chi connectivity index (χ3n) is 3.74. The van der Waals surface area contributed by atoms with Gasteiger partial charge in [-0.1, -0.05) is 0 Å². The summed E-state index contributed by atoms with van der Waals surface area (Å²) in [6.07, 6.45) is 3.92. The number of hydrogen-bond donors (Lipinski definition) is 2. The third kappa shape index (κ3) is 2.13. The lowest BCUT2D eigenvalue weighted by Crippen LogP contribution is -1.99. The second-order valence-corrected chi connectivity index (χ2v) is 5.16. The van der Waals surface area contributed by atoms with Crippen molar-refractivity contribution < 1.29 is 14.8 Å². The number of nitro groups is 1. The summed E-state index contributed by atoms with van der Waals surface area (Å²) < 4.78 is 0. The molecule has 1 aromatic carbocycles. The predicted octanol–water partition coefficient (Wildman–Crippen LogP) is 2.97. The molecule has 2 N–H and O–H groups in total. The Kier molecular flexibility index (Phi) is 2.93. The first-order valence-electron chi connectivity index (χ1n) is 6.57. The Bertz CT molecular complexity index is 701. The SMILES string of the molecule is O=C(O)CCc1c[nH]c2ccc(C3CC3)c([N+](=O)[O-])c12. The number of benzene rings is 1. The number of nitro benzene ring substituents is 1. The molecule has 0 atom stereocenters. The monoisotopic (exact) mass is 274 g/mol. The van der Waals surface area contributed by atoms with E-state index in [0.29, 0.717) is 22.9 Å². The number of aliphatic carboxylic acids is 1. The number of carboxylic acid groups (broad SMARTS) is 1. The average Bonchev–Trinajstić information content (AvgIpc) is 3.16. The van der Waals surface area contributed by atoms with Crippen molar-refractivity contribution in [3.05, 3.63) is 39.6 Å². The van der Waals surface area contributed by atoms with E-state index in [0.717, 1.165) is 18.4 Å². The zero-order chi connectivity index (χ0) is 14.3. The van der Waals surface area contributed by atoms with Gasteiger partial charge in [0.05, 0.1) is 15.8 Å². The molecule has 0 saturated heterocycles. The number of carboxylic acids is 1. The Morgan fingerprint density at radius 3 is 2.80 bits per heavy atom. The van der Waals surface area contributed by atoms with Crippen LogP contribution in [0.25, 0.3) is 10.9 Å². The van der Waals surface area contributed by atoms with E-state index >= 15 is 0 Å². The molecule has 1 aromatic heterocycles. The Morgan fingerprint density at radius 2 is 2.20 bits per heavy atom. The van der Waals surface area contributed by atoms with Crippen LogP contribution in [-0.4, -0.2) is 21.0 Å². The molecule has 1 aliphatic carbocycles. The molecule has 104 valence electrons. The molecule has 20 heavy (non-hydrogen) atoms. The summed E-state index contributed by atoms with van der Waals surface area (Å²) in [5.41, 5.74) is 2.32. The first-order valence-corrected chi connectivity index (χ1v) is 6.57. The van der Waals surface area contributed by atoms with Crippen LogP contribution in [0.2, 0.25) is 0 Å². The number of hydrogen-bond acceptors (Lipinski definition) is 3. The van der Waals surface area contributed by atoms with Gasteiger partial charge in [0.15, 0.2) is 0 Å². The minimum Gasteiger partial charge on any atom is -0.481 e. The Hall–Kier alpha value is -2.37. The third-order valence-corrected chi connectivity index (χ3v) is 3.74. The van der Waals surface area contributed by atoms with E-state index in [1.165, 1.54) is 0 Å². The van der Waals surface area contributed by atoms with Crippen molar-refractivity contribution in [1.82, 2.24) is 4.98 Å². The fourth-order valence-corrected chi connectivity index (χ4v) is 2.65. The van der Waals surface area contributed by atoms with E-state index in [1.54, 1.807) is 6.20 Å². The Morgan fingerprint density at radius 1 is 1.45 bits per heavy atom. The molecule has 1 fully saturated rings. The van der Waals surface area contributed by atoms with Crippen LogP contribution in [-0.2, 0) is 11.2 Å². The standard InChI is InChI=1S/C14H14N2O4/c17-12(18)6-3-9-7-15-11-5-4-10(8-1-2-8)14(13(9)11)16(19)20/h4-5,7-8,15H,1-3,6H2,(H,17,18). The normalized spacial score (nSPS) is 14.6. The number of nitrogens with one attached hydrogen (secondary N) is 1. The summed E-state index contributed by atoms with van der Waals surface area (Å²) >= 11 is 0. The van der Waals surface area contributed by atoms with Crippen molar-refractivity contribution in [3.63, 3.8) is 0 Å². The lowest BCUT2D eigenvalue weighted by molar-refractivity contribution is -0.383. The molecule has 3 rings (SSSR count). The van der Waals surface area contributed by atoms with Gasteiger partial charge in [0.2, 0.25) is 0 Å². The minimum absolute atomic E-state index is 0.0300. The van der Waals surface area contributed by atoms with Crippen molar-refractivity contribution in [3.8, 4) is 0 Å². The maximum atomic E-state index is 11.4. The zero-order valence-corrected chi connectivity index (χ0v) is 10.8. The molecule has 0 bridgehead atoms. The van der Waals surface area contributed by atoms with Gasteiger partial charge < -0.3 is 10.1 Å². The lowest BCUT2D eigenvalue weighted by Gasteiger charge is -2.04. The van der Waals surface area contributed by atoms with Gasteiger partial charge in [0, 0.05) is 18.2 Å². The van der Waals surface area contributed by atoms with Crippen molar-refractivity contribution in [1.29, 1.82) is 0 Å². The topological polar surface area (TPSA) is 96.2 Å². The molecule has 0 spiro atoms. The zero-order valence-electron chi connectivity index (χ0n) is 10.8. The van der Waals surface area contributed by atoms with Crippen molar-refractivity contribution >= 4 is 22.6 Å². The van der Waals surface area contributed by atoms with Crippen LogP contribution < -0.4 is 0 Å². The van der Waals surface area contributed by atoms with Gasteiger partial charge in [-0.2, -0.15) is 0 Å². The number of H-pyrrole nitrogens is 1. The van der Waals surface area contributed by atoms with Crippen LogP contribution in [0, 0.1) is 10.1 Å². The summed E-state index contributed by atoms with van der Waals surface area (Å²) in [6.45, 7) is 0. The number of aryl methyl sites for hydroxylation is 1. The summed E-state index contributed by atoms with van der Waals surface area (Å²) in [7, 11) is 0. The smallest absolute Gasteiger partial charge is 0.303 e. The van der Waals surface area contributed by atoms with E-state index in [9.17, 15) is 14.9 Å². The highest BCUT2D eigenvalue weighted by Crippen LogP contribution is 2.46. The molecule has 1 heterocycles. The largest absolute Gasteiger partial charge is 0.481 e. The fraction of sp³-hybridized carbons (Fsp3) is 0.357. The van der Waals surface area contributed by atoms with Crippen molar-refractivity contribution in [2.75, 3.05) is 0 Å². The minimum atomic E-state index is -0.902. The average molecular weight is 274 g/mol. The summed E-state index contributed by atoms with van der Waals surface area (Å²) in [4.78, 5) is 24.8. The second-order valence-electron chi connectivity index (χ2n) is 5.16. The van der Waals surface area contributed by atoms with Gasteiger partial charge in [-0.3, -0.25) is 14.9 Å². The number of fused-ring (bicyclic) bond motifs is 1. The van der Waals surface area contributed by atoms with Crippen LogP contribution in [0.5, 0.6) is 0 Å². The number of aromatic nitrogens is 1. The maximum Gasteiger partial charge on any atom is 0.303 e. The number of carbonyl (C=O) groups is 1. The predicted molar refractivity (Wildman–Crippen MR) is 72.9 cm³/mol. The highest BCUT2D eigenvalue weighted by atomic mass is 16.6. The molecule has 6 nitrogen and oxygen atoms in total. The molecule has 2 aromatic rings. The maximum absolute atomic E-state index is 11.4. The van der Waals surface area contributed by atoms with Gasteiger partial charge >= 0.3 is 5.97 Å². The number of aromatic amines is 1. The second kappa shape index (κ2) is 4.63. The Balaban J connectivity index is 2.14. The van der Waals surface area contributed by atoms with E-state index in [1.807, 2.05) is 12.1 Å². The quantitative estimate of drug-likeness (QED) is 0.647. The molecule has 1 aliphatic rings. The van der Waals surface area contributed by atoms with Crippen molar-refractivity contribution in [2.24, 2.45) is 0 Å². The van der Waals surface area contributed by atoms with Gasteiger partial charge in [0.25, 0.3) is 5.69 Å². The van der Waals surface area contributed by atoms with Gasteiger partial charge in [-0.05, 0) is 42.9 Å². The molecule has 0 aliphatic heterocycles. The molecule has 0 amide bonds. The van der Waals surface area contributed by atoms with E-state index in [2.05, 4.69) is 4.98 Å². The number of rotatable bonds is 5. The van der Waals surface area contributed by atoms with Crippen LogP contribution in [0.3, 0.4) is 0 Å². The molecular weight excluding hydrogens is 260 g/mol. The van der Waals surface area contributed by atoms with Crippen LogP contribution in [0.15, 0.2) is 18.3 Å². The lowest BCUT2D eigenvalue weighted by atomic mass is 10.0. The summed E-state index contributed by atoms with van der Waals surface area (Å²) in [6, 6.07) is 3.66. The van der Waals surface area contributed by atoms with Crippen LogP contribution in [0.1, 0.15) is 36.3 Å². The van der Waals surface area contributed by atoms with Gasteiger partial charge in [-0.15, -0.1) is 0 Å². The molecule has 0 unspecified atom stereocenters. The van der Waals surface area contributed by atoms with Crippen LogP contribution >= 0.6 is 0 Å². The molecule has 6 heteroatoms. The van der Waals surface area contributed by atoms with E-state index in [4.69, 9.17) is 5.11 Å². The first-order chi connectivity index (χ1) is 9.58. The van der Waals surface area contributed by atoms with Gasteiger partial charge in [-0.25, -0.2) is 0 Å². The molecular formula is C14H14N2O4.